The number of allylic oxidation sites excluding steroid dienone is 1. The van der Waals surface area contributed by atoms with E-state index < -0.39 is 23.6 Å². The molecule has 1 saturated carbocycles. The molecule has 2 atom stereocenters. The fraction of sp³-hybridized carbons (Fsp3) is 0.643. The Labute approximate surface area is 117 Å². The van der Waals surface area contributed by atoms with Crippen molar-refractivity contribution in [2.75, 3.05) is 6.61 Å². The van der Waals surface area contributed by atoms with E-state index in [1.807, 2.05) is 0 Å². The highest BCUT2D eigenvalue weighted by Gasteiger charge is 2.53. The molecule has 1 fully saturated rings. The second kappa shape index (κ2) is 5.64. The van der Waals surface area contributed by atoms with Gasteiger partial charge in [-0.15, -0.1) is 0 Å². The quantitative estimate of drug-likeness (QED) is 0.730. The van der Waals surface area contributed by atoms with Crippen LogP contribution < -0.4 is 0 Å². The Morgan fingerprint density at radius 2 is 2.25 bits per heavy atom. The first-order valence-electron chi connectivity index (χ1n) is 6.74. The minimum atomic E-state index is -1.04. The predicted octanol–water partition coefficient (Wildman–Crippen LogP) is 1.48. The van der Waals surface area contributed by atoms with Gasteiger partial charge in [-0.05, 0) is 32.3 Å². The summed E-state index contributed by atoms with van der Waals surface area (Å²) in [7, 11) is 0. The molecule has 1 spiro atoms. The molecule has 0 bridgehead atoms. The summed E-state index contributed by atoms with van der Waals surface area (Å²) in [6.45, 7) is 3.16. The highest BCUT2D eigenvalue weighted by atomic mass is 16.7. The molecule has 0 amide bonds. The highest BCUT2D eigenvalue weighted by Crippen LogP contribution is 2.46. The summed E-state index contributed by atoms with van der Waals surface area (Å²) in [4.78, 5) is 35.0. The predicted molar refractivity (Wildman–Crippen MR) is 67.3 cm³/mol. The van der Waals surface area contributed by atoms with Crippen LogP contribution in [-0.4, -0.2) is 30.6 Å². The molecule has 0 unspecified atom stereocenters. The van der Waals surface area contributed by atoms with Gasteiger partial charge in [0, 0.05) is 13.3 Å². The summed E-state index contributed by atoms with van der Waals surface area (Å²) in [5.41, 5.74) is -0.846. The van der Waals surface area contributed by atoms with Crippen LogP contribution in [0.3, 0.4) is 0 Å². The van der Waals surface area contributed by atoms with E-state index in [-0.39, 0.29) is 18.1 Å². The third-order valence-corrected chi connectivity index (χ3v) is 3.67. The van der Waals surface area contributed by atoms with Crippen molar-refractivity contribution in [3.05, 3.63) is 11.8 Å². The van der Waals surface area contributed by atoms with E-state index in [4.69, 9.17) is 14.2 Å². The van der Waals surface area contributed by atoms with Crippen LogP contribution in [0.2, 0.25) is 0 Å². The van der Waals surface area contributed by atoms with Crippen molar-refractivity contribution in [3.8, 4) is 0 Å². The zero-order chi connectivity index (χ0) is 14.8. The number of Topliss-reactive ketones (excluding diaryl/α,β-unsaturated/α-hetero) is 1. The van der Waals surface area contributed by atoms with Crippen LogP contribution in [0, 0.1) is 5.41 Å². The molecular weight excluding hydrogens is 264 g/mol. The van der Waals surface area contributed by atoms with Gasteiger partial charge in [0.1, 0.15) is 11.2 Å². The smallest absolute Gasteiger partial charge is 0.373 e. The molecule has 1 aliphatic carbocycles. The van der Waals surface area contributed by atoms with E-state index in [1.165, 1.54) is 6.92 Å². The lowest BCUT2D eigenvalue weighted by atomic mass is 9.79. The Morgan fingerprint density at radius 1 is 1.50 bits per heavy atom. The van der Waals surface area contributed by atoms with Crippen LogP contribution in [0.25, 0.3) is 0 Å². The van der Waals surface area contributed by atoms with E-state index in [0.717, 1.165) is 6.42 Å². The maximum atomic E-state index is 12.1. The lowest BCUT2D eigenvalue weighted by Gasteiger charge is -2.37. The lowest BCUT2D eigenvalue weighted by Crippen LogP contribution is -2.45. The van der Waals surface area contributed by atoms with Gasteiger partial charge in [-0.3, -0.25) is 9.59 Å². The zero-order valence-electron chi connectivity index (χ0n) is 11.6. The molecule has 6 nitrogen and oxygen atoms in total. The maximum absolute atomic E-state index is 12.1. The second-order valence-electron chi connectivity index (χ2n) is 4.99. The Kier molecular flexibility index (Phi) is 4.11. The van der Waals surface area contributed by atoms with Gasteiger partial charge in [-0.2, -0.15) is 0 Å². The van der Waals surface area contributed by atoms with Crippen molar-refractivity contribution in [2.24, 2.45) is 5.41 Å². The van der Waals surface area contributed by atoms with Crippen molar-refractivity contribution < 1.29 is 28.6 Å². The first-order chi connectivity index (χ1) is 9.49. The fourth-order valence-electron chi connectivity index (χ4n) is 2.69. The van der Waals surface area contributed by atoms with Gasteiger partial charge in [0.25, 0.3) is 6.29 Å². The third-order valence-electron chi connectivity index (χ3n) is 3.67. The van der Waals surface area contributed by atoms with E-state index in [2.05, 4.69) is 0 Å². The number of hydrogen-bond acceptors (Lipinski definition) is 6. The summed E-state index contributed by atoms with van der Waals surface area (Å²) in [5, 5.41) is 0. The minimum Gasteiger partial charge on any atom is -0.460 e. The summed E-state index contributed by atoms with van der Waals surface area (Å²) < 4.78 is 15.4. The van der Waals surface area contributed by atoms with Gasteiger partial charge in [-0.1, -0.05) is 0 Å². The molecule has 0 aromatic carbocycles. The summed E-state index contributed by atoms with van der Waals surface area (Å²) >= 11 is 0. The molecule has 1 heterocycles. The SMILES string of the molecule is CCOC(=O)C1=CC[C@@]2(CCCC2=O)[C@@H](OC(C)=O)O1. The molecular formula is C14H18O6. The molecule has 0 saturated heterocycles. The van der Waals surface area contributed by atoms with Gasteiger partial charge in [0.15, 0.2) is 0 Å². The average Bonchev–Trinajstić information content (AvgIpc) is 2.74. The molecule has 0 N–H and O–H groups in total. The molecule has 20 heavy (non-hydrogen) atoms. The number of ketones is 1. The molecule has 0 aromatic heterocycles. The van der Waals surface area contributed by atoms with Crippen LogP contribution in [0.4, 0.5) is 0 Å². The summed E-state index contributed by atoms with van der Waals surface area (Å²) in [6.07, 6.45) is 2.63. The first kappa shape index (κ1) is 14.6. The number of esters is 2. The monoisotopic (exact) mass is 282 g/mol. The molecule has 2 aliphatic rings. The molecule has 2 rings (SSSR count). The Morgan fingerprint density at radius 3 is 2.80 bits per heavy atom. The minimum absolute atomic E-state index is 0.00317. The molecule has 0 radical (unpaired) electrons. The van der Waals surface area contributed by atoms with E-state index in [9.17, 15) is 14.4 Å². The number of ether oxygens (including phenoxy) is 3. The fourth-order valence-corrected chi connectivity index (χ4v) is 2.69. The van der Waals surface area contributed by atoms with Gasteiger partial charge >= 0.3 is 11.9 Å². The third kappa shape index (κ3) is 2.55. The Hall–Kier alpha value is -1.85. The normalized spacial score (nSPS) is 28.8. The highest BCUT2D eigenvalue weighted by molar-refractivity contribution is 5.90. The zero-order valence-corrected chi connectivity index (χ0v) is 11.6. The molecule has 6 heteroatoms. The summed E-state index contributed by atoms with van der Waals surface area (Å²) in [6, 6.07) is 0. The standard InChI is InChI=1S/C14H18O6/c1-3-18-12(17)10-6-8-14(7-4-5-11(14)16)13(20-10)19-9(2)15/h6,13H,3-5,7-8H2,1-2H3/t13-,14+/m0/s1. The number of hydrogen-bond donors (Lipinski definition) is 0. The average molecular weight is 282 g/mol. The maximum Gasteiger partial charge on any atom is 0.373 e. The van der Waals surface area contributed by atoms with Crippen LogP contribution in [0.1, 0.15) is 39.5 Å². The van der Waals surface area contributed by atoms with E-state index in [1.54, 1.807) is 13.0 Å². The van der Waals surface area contributed by atoms with Gasteiger partial charge in [0.05, 0.1) is 6.61 Å². The molecule has 0 aromatic rings. The largest absolute Gasteiger partial charge is 0.460 e. The molecule has 1 aliphatic heterocycles. The lowest BCUT2D eigenvalue weighted by molar-refractivity contribution is -0.204. The Bertz CT molecular complexity index is 466. The number of carbonyl (C=O) groups excluding carboxylic acids is 3. The van der Waals surface area contributed by atoms with Gasteiger partial charge < -0.3 is 14.2 Å². The van der Waals surface area contributed by atoms with Crippen molar-refractivity contribution >= 4 is 17.7 Å². The second-order valence-corrected chi connectivity index (χ2v) is 4.99. The topological polar surface area (TPSA) is 78.9 Å². The van der Waals surface area contributed by atoms with Crippen molar-refractivity contribution in [3.63, 3.8) is 0 Å². The van der Waals surface area contributed by atoms with Crippen molar-refractivity contribution in [2.45, 2.75) is 45.8 Å². The van der Waals surface area contributed by atoms with Crippen LogP contribution >= 0.6 is 0 Å². The van der Waals surface area contributed by atoms with Crippen molar-refractivity contribution in [1.29, 1.82) is 0 Å². The van der Waals surface area contributed by atoms with Crippen LogP contribution in [-0.2, 0) is 28.6 Å². The number of carbonyl (C=O) groups is 3. The van der Waals surface area contributed by atoms with Crippen LogP contribution in [0.5, 0.6) is 0 Å². The van der Waals surface area contributed by atoms with Gasteiger partial charge in [0.2, 0.25) is 5.76 Å². The number of rotatable bonds is 3. The Balaban J connectivity index is 2.24. The summed E-state index contributed by atoms with van der Waals surface area (Å²) in [5.74, 6) is -1.13. The van der Waals surface area contributed by atoms with E-state index >= 15 is 0 Å². The molecule has 110 valence electrons. The van der Waals surface area contributed by atoms with Crippen LogP contribution in [0.15, 0.2) is 11.8 Å². The first-order valence-corrected chi connectivity index (χ1v) is 6.74. The van der Waals surface area contributed by atoms with Gasteiger partial charge in [-0.25, -0.2) is 4.79 Å². The van der Waals surface area contributed by atoms with E-state index in [0.29, 0.717) is 19.3 Å². The van der Waals surface area contributed by atoms with Crippen molar-refractivity contribution in [1.82, 2.24) is 0 Å².